The number of rotatable bonds is 6. The van der Waals surface area contributed by atoms with Gasteiger partial charge in [-0.1, -0.05) is 26.0 Å². The minimum absolute atomic E-state index is 0.136. The molecule has 0 atom stereocenters. The summed E-state index contributed by atoms with van der Waals surface area (Å²) in [4.78, 5) is 34.7. The summed E-state index contributed by atoms with van der Waals surface area (Å²) in [5.74, 6) is -0.704. The molecule has 1 rings (SSSR count). The molecule has 0 aliphatic carbocycles. The van der Waals surface area contributed by atoms with Crippen LogP contribution in [0.2, 0.25) is 0 Å². The van der Waals surface area contributed by atoms with E-state index in [0.29, 0.717) is 23.7 Å². The van der Waals surface area contributed by atoms with Crippen molar-refractivity contribution in [3.05, 3.63) is 29.8 Å². The normalized spacial score (nSPS) is 10.0. The number of carbonyl (C=O) groups is 3. The molecule has 0 heterocycles. The molecular weight excluding hydrogens is 286 g/mol. The fourth-order valence-corrected chi connectivity index (χ4v) is 1.61. The molecule has 1 aromatic rings. The molecule has 0 fully saturated rings. The van der Waals surface area contributed by atoms with E-state index in [9.17, 15) is 14.4 Å². The summed E-state index contributed by atoms with van der Waals surface area (Å²) in [6.07, 6.45) is 0. The molecule has 7 heteroatoms. The quantitative estimate of drug-likeness (QED) is 0.690. The standard InChI is InChI=1S/C15H21N3O4/c1-10(2)8-17-15(21)18-13(19)9-16-12-7-5-4-6-11(12)14(20)22-3/h4-7,10,16H,8-9H2,1-3H3,(H2,17,18,19,21). The van der Waals surface area contributed by atoms with Crippen LogP contribution in [0.4, 0.5) is 10.5 Å². The summed E-state index contributed by atoms with van der Waals surface area (Å²) in [7, 11) is 1.28. The second kappa shape index (κ2) is 8.66. The minimum Gasteiger partial charge on any atom is -0.465 e. The summed E-state index contributed by atoms with van der Waals surface area (Å²) in [6.45, 7) is 4.25. The highest BCUT2D eigenvalue weighted by Crippen LogP contribution is 2.15. The number of hydrogen-bond acceptors (Lipinski definition) is 5. The maximum absolute atomic E-state index is 11.7. The topological polar surface area (TPSA) is 96.5 Å². The molecule has 0 aliphatic heterocycles. The minimum atomic E-state index is -0.540. The molecule has 3 amide bonds. The van der Waals surface area contributed by atoms with Gasteiger partial charge < -0.3 is 15.4 Å². The Balaban J connectivity index is 2.51. The number of hydrogen-bond donors (Lipinski definition) is 3. The van der Waals surface area contributed by atoms with E-state index in [1.165, 1.54) is 7.11 Å². The Labute approximate surface area is 129 Å². The van der Waals surface area contributed by atoms with Crippen LogP contribution in [0.5, 0.6) is 0 Å². The number of nitrogens with one attached hydrogen (secondary N) is 3. The average Bonchev–Trinajstić information content (AvgIpc) is 2.50. The third-order valence-electron chi connectivity index (χ3n) is 2.70. The summed E-state index contributed by atoms with van der Waals surface area (Å²) < 4.78 is 4.66. The number of methoxy groups -OCH3 is 1. The summed E-state index contributed by atoms with van der Waals surface area (Å²) >= 11 is 0. The van der Waals surface area contributed by atoms with Gasteiger partial charge in [0.05, 0.1) is 19.2 Å². The number of urea groups is 1. The first-order valence-corrected chi connectivity index (χ1v) is 6.93. The smallest absolute Gasteiger partial charge is 0.339 e. The molecule has 0 radical (unpaired) electrons. The van der Waals surface area contributed by atoms with Crippen molar-refractivity contribution in [2.75, 3.05) is 25.5 Å². The van der Waals surface area contributed by atoms with Gasteiger partial charge in [0.1, 0.15) is 0 Å². The lowest BCUT2D eigenvalue weighted by molar-refractivity contribution is -0.118. The number of ether oxygens (including phenoxy) is 1. The zero-order valence-corrected chi connectivity index (χ0v) is 12.9. The summed E-state index contributed by atoms with van der Waals surface area (Å²) in [5, 5.41) is 7.58. The Hall–Kier alpha value is -2.57. The Morgan fingerprint density at radius 2 is 1.86 bits per heavy atom. The van der Waals surface area contributed by atoms with Crippen LogP contribution >= 0.6 is 0 Å². The van der Waals surface area contributed by atoms with Crippen LogP contribution in [-0.4, -0.2) is 38.1 Å². The number of imide groups is 1. The van der Waals surface area contributed by atoms with Gasteiger partial charge in [-0.3, -0.25) is 10.1 Å². The first-order valence-electron chi connectivity index (χ1n) is 6.93. The summed E-state index contributed by atoms with van der Waals surface area (Å²) in [5.41, 5.74) is 0.786. The van der Waals surface area contributed by atoms with Crippen LogP contribution in [0, 0.1) is 5.92 Å². The van der Waals surface area contributed by atoms with Crippen molar-refractivity contribution in [3.63, 3.8) is 0 Å². The zero-order valence-electron chi connectivity index (χ0n) is 12.9. The fourth-order valence-electron chi connectivity index (χ4n) is 1.61. The van der Waals surface area contributed by atoms with E-state index in [0.717, 1.165) is 0 Å². The number of benzene rings is 1. The van der Waals surface area contributed by atoms with Gasteiger partial charge in [0.2, 0.25) is 5.91 Å². The summed E-state index contributed by atoms with van der Waals surface area (Å²) in [6, 6.07) is 6.11. The molecule has 0 aromatic heterocycles. The molecule has 22 heavy (non-hydrogen) atoms. The highest BCUT2D eigenvalue weighted by molar-refractivity contribution is 5.98. The predicted molar refractivity (Wildman–Crippen MR) is 82.7 cm³/mol. The van der Waals surface area contributed by atoms with E-state index in [4.69, 9.17) is 0 Å². The van der Waals surface area contributed by atoms with Crippen LogP contribution in [-0.2, 0) is 9.53 Å². The monoisotopic (exact) mass is 307 g/mol. The fraction of sp³-hybridized carbons (Fsp3) is 0.400. The van der Waals surface area contributed by atoms with Gasteiger partial charge in [-0.15, -0.1) is 0 Å². The zero-order chi connectivity index (χ0) is 16.5. The van der Waals surface area contributed by atoms with Crippen molar-refractivity contribution in [3.8, 4) is 0 Å². The second-order valence-corrected chi connectivity index (χ2v) is 5.04. The molecule has 7 nitrogen and oxygen atoms in total. The maximum atomic E-state index is 11.7. The van der Waals surface area contributed by atoms with E-state index >= 15 is 0 Å². The molecule has 3 N–H and O–H groups in total. The number of esters is 1. The van der Waals surface area contributed by atoms with Crippen LogP contribution in [0.25, 0.3) is 0 Å². The van der Waals surface area contributed by atoms with E-state index in [2.05, 4.69) is 20.7 Å². The average molecular weight is 307 g/mol. The SMILES string of the molecule is COC(=O)c1ccccc1NCC(=O)NC(=O)NCC(C)C. The Morgan fingerprint density at radius 3 is 2.50 bits per heavy atom. The third-order valence-corrected chi connectivity index (χ3v) is 2.70. The highest BCUT2D eigenvalue weighted by atomic mass is 16.5. The van der Waals surface area contributed by atoms with Crippen molar-refractivity contribution in [1.29, 1.82) is 0 Å². The van der Waals surface area contributed by atoms with E-state index in [1.54, 1.807) is 24.3 Å². The Kier molecular flexibility index (Phi) is 6.88. The van der Waals surface area contributed by atoms with Gasteiger partial charge in [-0.05, 0) is 18.1 Å². The van der Waals surface area contributed by atoms with Gasteiger partial charge >= 0.3 is 12.0 Å². The van der Waals surface area contributed by atoms with Crippen LogP contribution in [0.1, 0.15) is 24.2 Å². The molecule has 0 saturated carbocycles. The van der Waals surface area contributed by atoms with Crippen molar-refractivity contribution in [2.24, 2.45) is 5.92 Å². The molecule has 0 unspecified atom stereocenters. The van der Waals surface area contributed by atoms with Crippen LogP contribution < -0.4 is 16.0 Å². The van der Waals surface area contributed by atoms with E-state index in [1.807, 2.05) is 13.8 Å². The van der Waals surface area contributed by atoms with Gasteiger partial charge in [0, 0.05) is 12.2 Å². The number of para-hydroxylation sites is 1. The van der Waals surface area contributed by atoms with Gasteiger partial charge in [-0.25, -0.2) is 9.59 Å². The van der Waals surface area contributed by atoms with Crippen molar-refractivity contribution >= 4 is 23.6 Å². The lowest BCUT2D eigenvalue weighted by Crippen LogP contribution is -2.43. The van der Waals surface area contributed by atoms with Gasteiger partial charge in [0.25, 0.3) is 0 Å². The van der Waals surface area contributed by atoms with Crippen LogP contribution in [0.3, 0.4) is 0 Å². The molecule has 120 valence electrons. The second-order valence-electron chi connectivity index (χ2n) is 5.04. The van der Waals surface area contributed by atoms with Crippen LogP contribution in [0.15, 0.2) is 24.3 Å². The predicted octanol–water partition coefficient (Wildman–Crippen LogP) is 1.37. The van der Waals surface area contributed by atoms with Crippen molar-refractivity contribution in [2.45, 2.75) is 13.8 Å². The highest BCUT2D eigenvalue weighted by Gasteiger charge is 2.12. The Morgan fingerprint density at radius 1 is 1.18 bits per heavy atom. The molecule has 0 saturated heterocycles. The first-order chi connectivity index (χ1) is 10.4. The van der Waals surface area contributed by atoms with E-state index in [-0.39, 0.29) is 6.54 Å². The lowest BCUT2D eigenvalue weighted by Gasteiger charge is -2.11. The van der Waals surface area contributed by atoms with Crippen molar-refractivity contribution < 1.29 is 19.1 Å². The molecule has 0 bridgehead atoms. The van der Waals surface area contributed by atoms with Gasteiger partial charge in [0.15, 0.2) is 0 Å². The molecular formula is C15H21N3O4. The number of amides is 3. The molecule has 0 aliphatic rings. The number of anilines is 1. The first kappa shape index (κ1) is 17.5. The maximum Gasteiger partial charge on any atom is 0.339 e. The van der Waals surface area contributed by atoms with Crippen molar-refractivity contribution in [1.82, 2.24) is 10.6 Å². The Bertz CT molecular complexity index is 543. The third kappa shape index (κ3) is 5.82. The van der Waals surface area contributed by atoms with E-state index < -0.39 is 17.9 Å². The molecule has 1 aromatic carbocycles. The lowest BCUT2D eigenvalue weighted by atomic mass is 10.2. The number of carbonyl (C=O) groups excluding carboxylic acids is 3. The van der Waals surface area contributed by atoms with Gasteiger partial charge in [-0.2, -0.15) is 0 Å². The molecule has 0 spiro atoms. The largest absolute Gasteiger partial charge is 0.465 e.